The van der Waals surface area contributed by atoms with Gasteiger partial charge in [0.05, 0.1) is 11.7 Å². The van der Waals surface area contributed by atoms with Gasteiger partial charge in [0.2, 0.25) is 5.91 Å². The number of carbonyl (C=O) groups excluding carboxylic acids is 2. The van der Waals surface area contributed by atoms with Crippen LogP contribution in [0, 0.1) is 11.8 Å². The maximum Gasteiger partial charge on any atom is 0.407 e. The Bertz CT molecular complexity index is 1180. The topological polar surface area (TPSA) is 80.3 Å². The summed E-state index contributed by atoms with van der Waals surface area (Å²) in [5.74, 6) is 0.435. The van der Waals surface area contributed by atoms with Crippen LogP contribution in [0.15, 0.2) is 79.0 Å². The molecule has 0 bridgehead atoms. The van der Waals surface area contributed by atoms with Gasteiger partial charge in [0.25, 0.3) is 0 Å². The van der Waals surface area contributed by atoms with Crippen LogP contribution in [0.1, 0.15) is 63.6 Å². The van der Waals surface area contributed by atoms with Gasteiger partial charge in [0.1, 0.15) is 5.60 Å². The first-order valence-electron chi connectivity index (χ1n) is 13.6. The van der Waals surface area contributed by atoms with Crippen molar-refractivity contribution in [2.75, 3.05) is 6.54 Å². The molecule has 1 atom stereocenters. The second-order valence-electron chi connectivity index (χ2n) is 11.2. The lowest BCUT2D eigenvalue weighted by atomic mass is 9.81. The van der Waals surface area contributed by atoms with Crippen molar-refractivity contribution < 1.29 is 14.3 Å². The average molecular weight is 514 g/mol. The van der Waals surface area contributed by atoms with Gasteiger partial charge < -0.3 is 15.4 Å². The van der Waals surface area contributed by atoms with Gasteiger partial charge in [-0.1, -0.05) is 60.7 Å². The van der Waals surface area contributed by atoms with E-state index in [-0.39, 0.29) is 24.0 Å². The number of amides is 2. The SMILES string of the molecule is CC(C)(C)OC(=O)NCC1CCC(C(=O)NC(Cc2ccccc2)c2ccnc(-c3ccccc3)c2)CC1. The Labute approximate surface area is 226 Å². The molecular formula is C32H39N3O3. The van der Waals surface area contributed by atoms with Crippen molar-refractivity contribution in [2.24, 2.45) is 11.8 Å². The van der Waals surface area contributed by atoms with Crippen LogP contribution >= 0.6 is 0 Å². The number of aromatic nitrogens is 1. The van der Waals surface area contributed by atoms with E-state index in [1.165, 1.54) is 5.56 Å². The van der Waals surface area contributed by atoms with E-state index in [4.69, 9.17) is 4.74 Å². The van der Waals surface area contributed by atoms with Crippen molar-refractivity contribution in [3.63, 3.8) is 0 Å². The number of hydrogen-bond acceptors (Lipinski definition) is 4. The minimum absolute atomic E-state index is 0.0264. The number of carbonyl (C=O) groups is 2. The van der Waals surface area contributed by atoms with E-state index < -0.39 is 5.60 Å². The third-order valence-electron chi connectivity index (χ3n) is 7.01. The molecule has 3 aromatic rings. The van der Waals surface area contributed by atoms with Gasteiger partial charge in [-0.3, -0.25) is 9.78 Å². The van der Waals surface area contributed by atoms with Crippen LogP contribution in [-0.4, -0.2) is 29.1 Å². The number of alkyl carbamates (subject to hydrolysis) is 1. The lowest BCUT2D eigenvalue weighted by Crippen LogP contribution is -2.39. The molecule has 2 amide bonds. The second kappa shape index (κ2) is 12.7. The molecule has 1 saturated carbocycles. The number of pyridine rings is 1. The third-order valence-corrected chi connectivity index (χ3v) is 7.01. The van der Waals surface area contributed by atoms with Crippen LogP contribution in [0.5, 0.6) is 0 Å². The van der Waals surface area contributed by atoms with Crippen molar-refractivity contribution in [2.45, 2.75) is 64.5 Å². The monoisotopic (exact) mass is 513 g/mol. The minimum Gasteiger partial charge on any atom is -0.444 e. The zero-order chi connectivity index (χ0) is 27.0. The predicted molar refractivity (Wildman–Crippen MR) is 150 cm³/mol. The van der Waals surface area contributed by atoms with Crippen molar-refractivity contribution in [1.82, 2.24) is 15.6 Å². The van der Waals surface area contributed by atoms with Crippen LogP contribution in [0.25, 0.3) is 11.3 Å². The first-order chi connectivity index (χ1) is 18.3. The molecule has 0 radical (unpaired) electrons. The predicted octanol–water partition coefficient (Wildman–Crippen LogP) is 6.48. The van der Waals surface area contributed by atoms with Gasteiger partial charge in [0.15, 0.2) is 0 Å². The number of nitrogens with zero attached hydrogens (tertiary/aromatic N) is 1. The van der Waals surface area contributed by atoms with Crippen molar-refractivity contribution in [1.29, 1.82) is 0 Å². The fraction of sp³-hybridized carbons (Fsp3) is 0.406. The zero-order valence-electron chi connectivity index (χ0n) is 22.7. The molecule has 1 aliphatic rings. The Kier molecular flexibility index (Phi) is 9.16. The molecule has 38 heavy (non-hydrogen) atoms. The van der Waals surface area contributed by atoms with Crippen LogP contribution in [0.3, 0.4) is 0 Å². The van der Waals surface area contributed by atoms with E-state index in [0.717, 1.165) is 42.5 Å². The Balaban J connectivity index is 1.39. The molecule has 4 rings (SSSR count). The molecule has 1 fully saturated rings. The number of nitrogens with one attached hydrogen (secondary N) is 2. The largest absolute Gasteiger partial charge is 0.444 e. The maximum atomic E-state index is 13.4. The summed E-state index contributed by atoms with van der Waals surface area (Å²) >= 11 is 0. The third kappa shape index (κ3) is 8.17. The van der Waals surface area contributed by atoms with Gasteiger partial charge in [-0.05, 0) is 82.1 Å². The van der Waals surface area contributed by atoms with Gasteiger partial charge in [-0.25, -0.2) is 4.79 Å². The molecule has 1 aliphatic carbocycles. The maximum absolute atomic E-state index is 13.4. The van der Waals surface area contributed by atoms with Crippen LogP contribution in [0.2, 0.25) is 0 Å². The summed E-state index contributed by atoms with van der Waals surface area (Å²) in [6.07, 6.45) is 5.60. The smallest absolute Gasteiger partial charge is 0.407 e. The fourth-order valence-corrected chi connectivity index (χ4v) is 4.99. The molecular weight excluding hydrogens is 474 g/mol. The molecule has 0 aliphatic heterocycles. The van der Waals surface area contributed by atoms with E-state index >= 15 is 0 Å². The Morgan fingerprint density at radius 1 is 0.947 bits per heavy atom. The minimum atomic E-state index is -0.507. The fourth-order valence-electron chi connectivity index (χ4n) is 4.99. The summed E-state index contributed by atoms with van der Waals surface area (Å²) in [6.45, 7) is 6.15. The van der Waals surface area contributed by atoms with E-state index in [1.54, 1.807) is 0 Å². The quantitative estimate of drug-likeness (QED) is 0.361. The molecule has 200 valence electrons. The van der Waals surface area contributed by atoms with E-state index in [9.17, 15) is 9.59 Å². The molecule has 2 N–H and O–H groups in total. The number of ether oxygens (including phenoxy) is 1. The van der Waals surface area contributed by atoms with Gasteiger partial charge in [-0.2, -0.15) is 0 Å². The lowest BCUT2D eigenvalue weighted by molar-refractivity contribution is -0.127. The van der Waals surface area contributed by atoms with Gasteiger partial charge in [0, 0.05) is 24.2 Å². The molecule has 1 unspecified atom stereocenters. The highest BCUT2D eigenvalue weighted by Crippen LogP contribution is 2.30. The molecule has 6 heteroatoms. The normalized spacial score (nSPS) is 18.3. The van der Waals surface area contributed by atoms with Gasteiger partial charge in [-0.15, -0.1) is 0 Å². The summed E-state index contributed by atoms with van der Waals surface area (Å²) in [5.41, 5.74) is 3.66. The number of rotatable bonds is 8. The number of hydrogen-bond donors (Lipinski definition) is 2. The summed E-state index contributed by atoms with van der Waals surface area (Å²) < 4.78 is 5.34. The highest BCUT2D eigenvalue weighted by atomic mass is 16.6. The highest BCUT2D eigenvalue weighted by molar-refractivity contribution is 5.79. The average Bonchev–Trinajstić information content (AvgIpc) is 2.92. The van der Waals surface area contributed by atoms with Crippen molar-refractivity contribution >= 4 is 12.0 Å². The summed E-state index contributed by atoms with van der Waals surface area (Å²) in [7, 11) is 0. The Morgan fingerprint density at radius 2 is 1.61 bits per heavy atom. The second-order valence-corrected chi connectivity index (χ2v) is 11.2. The molecule has 2 aromatic carbocycles. The van der Waals surface area contributed by atoms with E-state index in [2.05, 4.69) is 33.8 Å². The molecule has 0 saturated heterocycles. The Hall–Kier alpha value is -3.67. The van der Waals surface area contributed by atoms with Crippen LogP contribution in [-0.2, 0) is 16.0 Å². The van der Waals surface area contributed by atoms with Gasteiger partial charge >= 0.3 is 6.09 Å². The highest BCUT2D eigenvalue weighted by Gasteiger charge is 2.29. The zero-order valence-corrected chi connectivity index (χ0v) is 22.7. The molecule has 1 aromatic heterocycles. The van der Waals surface area contributed by atoms with E-state index in [0.29, 0.717) is 18.9 Å². The molecule has 1 heterocycles. The first kappa shape index (κ1) is 27.4. The summed E-state index contributed by atoms with van der Waals surface area (Å²) in [4.78, 5) is 30.0. The first-order valence-corrected chi connectivity index (χ1v) is 13.6. The summed E-state index contributed by atoms with van der Waals surface area (Å²) in [6, 6.07) is 24.3. The standard InChI is InChI=1S/C32H39N3O3/c1-32(2,3)38-31(37)34-22-24-14-16-26(17-15-24)30(36)35-29(20-23-10-6-4-7-11-23)27-18-19-33-28(21-27)25-12-8-5-9-13-25/h4-13,18-19,21,24,26,29H,14-17,20,22H2,1-3H3,(H,34,37)(H,35,36). The van der Waals surface area contributed by atoms with E-state index in [1.807, 2.05) is 81.6 Å². The van der Waals surface area contributed by atoms with Crippen molar-refractivity contribution in [3.05, 3.63) is 90.1 Å². The lowest BCUT2D eigenvalue weighted by Gasteiger charge is -2.30. The molecule has 6 nitrogen and oxygen atoms in total. The molecule has 0 spiro atoms. The summed E-state index contributed by atoms with van der Waals surface area (Å²) in [5, 5.41) is 6.25. The van der Waals surface area contributed by atoms with Crippen LogP contribution < -0.4 is 10.6 Å². The number of benzene rings is 2. The Morgan fingerprint density at radius 3 is 2.26 bits per heavy atom. The van der Waals surface area contributed by atoms with Crippen LogP contribution in [0.4, 0.5) is 4.79 Å². The van der Waals surface area contributed by atoms with Crippen molar-refractivity contribution in [3.8, 4) is 11.3 Å².